The van der Waals surface area contributed by atoms with Crippen LogP contribution in [-0.2, 0) is 0 Å². The number of hydrogen-bond donors (Lipinski definition) is 0. The van der Waals surface area contributed by atoms with Crippen LogP contribution in [0.25, 0.3) is 0 Å². The zero-order valence-corrected chi connectivity index (χ0v) is 21.6. The van der Waals surface area contributed by atoms with E-state index in [9.17, 15) is 52.7 Å². The summed E-state index contributed by atoms with van der Waals surface area (Å²) < 4.78 is 169. The quantitative estimate of drug-likeness (QED) is 0.227. The average Bonchev–Trinajstić information content (AvgIpc) is 2.82. The van der Waals surface area contributed by atoms with Crippen LogP contribution >= 0.6 is 9.24 Å². The zero-order valence-electron chi connectivity index (χ0n) is 20.5. The van der Waals surface area contributed by atoms with E-state index >= 15 is 0 Å². The van der Waals surface area contributed by atoms with Gasteiger partial charge in [-0.15, -0.1) is 9.24 Å². The van der Waals surface area contributed by atoms with Crippen molar-refractivity contribution in [2.45, 2.75) is 43.0 Å². The maximum atomic E-state index is 12.6. The molecule has 3 rings (SSSR count). The standard InChI is InChI=1S/C21H17F12N4O4P/c22-18(23,24)5-38-14-2-12(34-16(36-14)40-7-20(28,29)30)9-1-10(11(9)4-42)13-3-15(39-6-19(25,26)27)37-17(35-13)41-8-21(31,32)33/h2-4,9-10H,1,5-8,42H2. The molecule has 3 atom stereocenters. The predicted molar refractivity (Wildman–Crippen MR) is 118 cm³/mol. The molecule has 1 fully saturated rings. The van der Waals surface area contributed by atoms with Gasteiger partial charge in [0.25, 0.3) is 0 Å². The minimum atomic E-state index is -4.84. The van der Waals surface area contributed by atoms with Gasteiger partial charge >= 0.3 is 36.7 Å². The van der Waals surface area contributed by atoms with Gasteiger partial charge in [-0.25, -0.2) is 0 Å². The Labute approximate surface area is 229 Å². The summed E-state index contributed by atoms with van der Waals surface area (Å²) in [6, 6.07) is -0.0870. The number of allylic oxidation sites excluding steroid dienone is 1. The van der Waals surface area contributed by atoms with Crippen LogP contribution in [0.3, 0.4) is 0 Å². The molecule has 21 heteroatoms. The molecule has 0 bridgehead atoms. The van der Waals surface area contributed by atoms with E-state index in [-0.39, 0.29) is 17.8 Å². The highest BCUT2D eigenvalue weighted by Crippen LogP contribution is 2.53. The van der Waals surface area contributed by atoms with E-state index in [4.69, 9.17) is 0 Å². The molecule has 1 aliphatic carbocycles. The Morgan fingerprint density at radius 3 is 1.24 bits per heavy atom. The number of rotatable bonds is 10. The summed E-state index contributed by atoms with van der Waals surface area (Å²) in [5, 5.41) is 0. The molecule has 3 unspecified atom stereocenters. The molecule has 1 aliphatic rings. The molecule has 8 nitrogen and oxygen atoms in total. The predicted octanol–water partition coefficient (Wildman–Crippen LogP) is 6.06. The van der Waals surface area contributed by atoms with Gasteiger partial charge in [-0.05, 0) is 6.42 Å². The van der Waals surface area contributed by atoms with Gasteiger partial charge < -0.3 is 18.9 Å². The van der Waals surface area contributed by atoms with Gasteiger partial charge in [0.2, 0.25) is 11.8 Å². The van der Waals surface area contributed by atoms with Crippen LogP contribution in [0.4, 0.5) is 52.7 Å². The van der Waals surface area contributed by atoms with E-state index in [0.717, 1.165) is 12.1 Å². The number of halogens is 12. The normalized spacial score (nSPS) is 17.9. The van der Waals surface area contributed by atoms with Gasteiger partial charge in [0.05, 0.1) is 11.4 Å². The van der Waals surface area contributed by atoms with Crippen molar-refractivity contribution in [2.75, 3.05) is 26.4 Å². The van der Waals surface area contributed by atoms with Gasteiger partial charge in [0, 0.05) is 24.0 Å². The smallest absolute Gasteiger partial charge is 0.422 e. The Morgan fingerprint density at radius 2 is 0.929 bits per heavy atom. The third-order valence-electron chi connectivity index (χ3n) is 5.08. The van der Waals surface area contributed by atoms with Crippen LogP contribution < -0.4 is 18.9 Å². The molecular formula is C21H17F12N4O4P. The fourth-order valence-corrected chi connectivity index (χ4v) is 3.95. The van der Waals surface area contributed by atoms with Gasteiger partial charge in [-0.1, -0.05) is 11.4 Å². The zero-order chi connectivity index (χ0) is 31.5. The lowest BCUT2D eigenvalue weighted by Gasteiger charge is -2.38. The molecule has 234 valence electrons. The molecular weight excluding hydrogens is 631 g/mol. The average molecular weight is 648 g/mol. The molecule has 42 heavy (non-hydrogen) atoms. The monoisotopic (exact) mass is 648 g/mol. The van der Waals surface area contributed by atoms with Crippen molar-refractivity contribution in [1.29, 1.82) is 0 Å². The highest BCUT2D eigenvalue weighted by Gasteiger charge is 2.41. The lowest BCUT2D eigenvalue weighted by atomic mass is 9.67. The summed E-state index contributed by atoms with van der Waals surface area (Å²) in [6.45, 7) is -7.44. The summed E-state index contributed by atoms with van der Waals surface area (Å²) in [7, 11) is 2.17. The molecule has 0 aromatic carbocycles. The molecule has 2 aromatic heterocycles. The first-order valence-electron chi connectivity index (χ1n) is 11.2. The lowest BCUT2D eigenvalue weighted by Crippen LogP contribution is -2.27. The van der Waals surface area contributed by atoms with Gasteiger partial charge in [0.1, 0.15) is 0 Å². The molecule has 1 saturated carbocycles. The number of hydrogen-bond acceptors (Lipinski definition) is 8. The van der Waals surface area contributed by atoms with Crippen LogP contribution in [0.1, 0.15) is 29.6 Å². The fourth-order valence-electron chi connectivity index (χ4n) is 3.49. The second kappa shape index (κ2) is 12.5. The van der Waals surface area contributed by atoms with Crippen molar-refractivity contribution >= 4 is 9.24 Å². The molecule has 2 aromatic rings. The minimum absolute atomic E-state index is 0.0664. The summed E-state index contributed by atoms with van der Waals surface area (Å²) >= 11 is 0. The number of aromatic nitrogens is 4. The van der Waals surface area contributed by atoms with Crippen molar-refractivity contribution < 1.29 is 71.6 Å². The van der Waals surface area contributed by atoms with Crippen molar-refractivity contribution in [1.82, 2.24) is 19.9 Å². The number of ether oxygens (including phenoxy) is 4. The Morgan fingerprint density at radius 1 is 0.595 bits per heavy atom. The Bertz CT molecular complexity index is 1100. The summed E-state index contributed by atoms with van der Waals surface area (Å²) in [5.41, 5.74) is 0.00498. The van der Waals surface area contributed by atoms with E-state index in [1.807, 2.05) is 0 Å². The first-order valence-corrected chi connectivity index (χ1v) is 11.9. The van der Waals surface area contributed by atoms with E-state index in [1.165, 1.54) is 5.82 Å². The molecule has 0 radical (unpaired) electrons. The van der Waals surface area contributed by atoms with Crippen molar-refractivity contribution in [2.24, 2.45) is 0 Å². The number of alkyl halides is 12. The lowest BCUT2D eigenvalue weighted by molar-refractivity contribution is -0.156. The van der Waals surface area contributed by atoms with Crippen molar-refractivity contribution in [3.8, 4) is 23.8 Å². The van der Waals surface area contributed by atoms with Crippen LogP contribution in [0, 0.1) is 0 Å². The molecule has 0 spiro atoms. The molecule has 2 heterocycles. The Kier molecular flexibility index (Phi) is 9.89. The van der Waals surface area contributed by atoms with Crippen LogP contribution in [0.2, 0.25) is 0 Å². The maximum Gasteiger partial charge on any atom is 0.422 e. The summed E-state index contributed by atoms with van der Waals surface area (Å²) in [4.78, 5) is 14.4. The van der Waals surface area contributed by atoms with Gasteiger partial charge in [-0.2, -0.15) is 72.6 Å². The topological polar surface area (TPSA) is 88.5 Å². The minimum Gasteiger partial charge on any atom is -0.468 e. The van der Waals surface area contributed by atoms with E-state index in [0.29, 0.717) is 5.57 Å². The maximum absolute atomic E-state index is 12.6. The fraction of sp³-hybridized carbons (Fsp3) is 0.524. The molecule has 0 N–H and O–H groups in total. The second-order valence-electron chi connectivity index (χ2n) is 8.45. The van der Waals surface area contributed by atoms with Crippen LogP contribution in [0.15, 0.2) is 23.5 Å². The Hall–Kier alpha value is -3.31. The third-order valence-corrected chi connectivity index (χ3v) is 5.47. The highest BCUT2D eigenvalue weighted by molar-refractivity contribution is 7.20. The molecule has 0 amide bonds. The SMILES string of the molecule is FC(F)(F)COc1cc(C2CC(c3cc(OCC(F)(F)F)nc(OCC(F)(F)F)n3)C2=CP)nc(OCC(F)(F)F)n1. The highest BCUT2D eigenvalue weighted by atomic mass is 31.0. The largest absolute Gasteiger partial charge is 0.468 e. The van der Waals surface area contributed by atoms with Gasteiger partial charge in [-0.3, -0.25) is 0 Å². The van der Waals surface area contributed by atoms with E-state index < -0.39 is 86.7 Å². The van der Waals surface area contributed by atoms with Gasteiger partial charge in [0.15, 0.2) is 26.4 Å². The Balaban J connectivity index is 1.91. The van der Waals surface area contributed by atoms with Crippen LogP contribution in [-0.4, -0.2) is 71.1 Å². The molecule has 0 saturated heterocycles. The first kappa shape index (κ1) is 33.2. The second-order valence-corrected chi connectivity index (χ2v) is 8.78. The first-order chi connectivity index (χ1) is 19.2. The molecule has 0 aliphatic heterocycles. The van der Waals surface area contributed by atoms with Crippen molar-refractivity contribution in [3.05, 3.63) is 34.9 Å². The number of nitrogens with zero attached hydrogens (tertiary/aromatic N) is 4. The summed E-state index contributed by atoms with van der Waals surface area (Å²) in [5.74, 6) is -1.86. The third kappa shape index (κ3) is 10.5. The van der Waals surface area contributed by atoms with Crippen LogP contribution in [0.5, 0.6) is 23.8 Å². The summed E-state index contributed by atoms with van der Waals surface area (Å²) in [6.07, 6.45) is -19.4. The van der Waals surface area contributed by atoms with E-state index in [2.05, 4.69) is 48.1 Å². The van der Waals surface area contributed by atoms with E-state index in [1.54, 1.807) is 0 Å². The van der Waals surface area contributed by atoms with Crippen molar-refractivity contribution in [3.63, 3.8) is 0 Å².